The lowest BCUT2D eigenvalue weighted by atomic mass is 10.1. The lowest BCUT2D eigenvalue weighted by Gasteiger charge is -2.09. The zero-order chi connectivity index (χ0) is 18.1. The Morgan fingerprint density at radius 2 is 1.74 bits per heavy atom. The van der Waals surface area contributed by atoms with E-state index < -0.39 is 0 Å². The van der Waals surface area contributed by atoms with Gasteiger partial charge in [-0.1, -0.05) is 24.3 Å². The molecule has 0 fully saturated rings. The van der Waals surface area contributed by atoms with Crippen molar-refractivity contribution in [2.45, 2.75) is 6.54 Å². The SMILES string of the molecule is c1cnc2c(-c3cnc4c(NCc5ccncc5)nccn34)cccc2c1. The molecule has 0 bridgehead atoms. The predicted molar refractivity (Wildman–Crippen MR) is 105 cm³/mol. The summed E-state index contributed by atoms with van der Waals surface area (Å²) in [6.07, 6.45) is 11.0. The van der Waals surface area contributed by atoms with E-state index in [4.69, 9.17) is 0 Å². The van der Waals surface area contributed by atoms with Crippen molar-refractivity contribution in [3.63, 3.8) is 0 Å². The summed E-state index contributed by atoms with van der Waals surface area (Å²) in [6.45, 7) is 0.660. The van der Waals surface area contributed by atoms with Gasteiger partial charge in [0, 0.05) is 48.5 Å². The van der Waals surface area contributed by atoms with Gasteiger partial charge >= 0.3 is 0 Å². The lowest BCUT2D eigenvalue weighted by Crippen LogP contribution is -2.04. The summed E-state index contributed by atoms with van der Waals surface area (Å²) in [5.74, 6) is 0.744. The number of benzene rings is 1. The largest absolute Gasteiger partial charge is 0.363 e. The van der Waals surface area contributed by atoms with Gasteiger partial charge in [-0.25, -0.2) is 9.97 Å². The van der Waals surface area contributed by atoms with E-state index in [1.165, 1.54) is 0 Å². The quantitative estimate of drug-likeness (QED) is 0.530. The van der Waals surface area contributed by atoms with Gasteiger partial charge in [0.2, 0.25) is 0 Å². The van der Waals surface area contributed by atoms with E-state index in [-0.39, 0.29) is 0 Å². The van der Waals surface area contributed by atoms with Crippen LogP contribution in [0.5, 0.6) is 0 Å². The Bertz CT molecular complexity index is 1220. The van der Waals surface area contributed by atoms with Crippen molar-refractivity contribution in [1.29, 1.82) is 0 Å². The highest BCUT2D eigenvalue weighted by atomic mass is 15.1. The fraction of sp³-hybridized carbons (Fsp3) is 0.0476. The normalized spacial score (nSPS) is 11.1. The van der Waals surface area contributed by atoms with Crippen LogP contribution in [0.4, 0.5) is 5.82 Å². The third kappa shape index (κ3) is 2.77. The molecule has 0 aliphatic rings. The van der Waals surface area contributed by atoms with E-state index in [0.717, 1.165) is 39.2 Å². The number of hydrogen-bond donors (Lipinski definition) is 1. The maximum absolute atomic E-state index is 4.61. The van der Waals surface area contributed by atoms with Crippen LogP contribution < -0.4 is 5.32 Å². The van der Waals surface area contributed by atoms with Crippen LogP contribution in [0.2, 0.25) is 0 Å². The van der Waals surface area contributed by atoms with E-state index in [0.29, 0.717) is 6.54 Å². The summed E-state index contributed by atoms with van der Waals surface area (Å²) in [4.78, 5) is 17.7. The molecule has 27 heavy (non-hydrogen) atoms. The number of para-hydroxylation sites is 1. The second-order valence-electron chi connectivity index (χ2n) is 6.20. The molecule has 0 saturated carbocycles. The van der Waals surface area contributed by atoms with Gasteiger partial charge in [-0.3, -0.25) is 14.4 Å². The molecule has 0 atom stereocenters. The lowest BCUT2D eigenvalue weighted by molar-refractivity contribution is 1.07. The van der Waals surface area contributed by atoms with Crippen LogP contribution in [-0.2, 0) is 6.54 Å². The van der Waals surface area contributed by atoms with E-state index >= 15 is 0 Å². The van der Waals surface area contributed by atoms with Crippen molar-refractivity contribution in [3.05, 3.63) is 85.2 Å². The Balaban J connectivity index is 1.57. The molecule has 0 radical (unpaired) electrons. The Hall–Kier alpha value is -3.80. The van der Waals surface area contributed by atoms with Gasteiger partial charge < -0.3 is 5.32 Å². The molecule has 0 spiro atoms. The molecule has 1 N–H and O–H groups in total. The first-order valence-electron chi connectivity index (χ1n) is 8.69. The van der Waals surface area contributed by atoms with Crippen LogP contribution >= 0.6 is 0 Å². The Labute approximate surface area is 155 Å². The number of nitrogens with one attached hydrogen (secondary N) is 1. The summed E-state index contributed by atoms with van der Waals surface area (Å²) in [5.41, 5.74) is 4.92. The van der Waals surface area contributed by atoms with Gasteiger partial charge in [-0.2, -0.15) is 0 Å². The molecule has 0 unspecified atom stereocenters. The molecule has 6 nitrogen and oxygen atoms in total. The van der Waals surface area contributed by atoms with E-state index in [1.54, 1.807) is 18.6 Å². The summed E-state index contributed by atoms with van der Waals surface area (Å²) in [5, 5.41) is 4.47. The third-order valence-electron chi connectivity index (χ3n) is 4.55. The number of fused-ring (bicyclic) bond motifs is 2. The third-order valence-corrected chi connectivity index (χ3v) is 4.55. The summed E-state index contributed by atoms with van der Waals surface area (Å²) < 4.78 is 2.05. The van der Waals surface area contributed by atoms with Crippen molar-refractivity contribution >= 4 is 22.4 Å². The first-order valence-corrected chi connectivity index (χ1v) is 8.69. The molecule has 1 aromatic carbocycles. The van der Waals surface area contributed by atoms with Crippen LogP contribution in [0.25, 0.3) is 27.8 Å². The van der Waals surface area contributed by atoms with E-state index in [1.807, 2.05) is 47.3 Å². The zero-order valence-corrected chi connectivity index (χ0v) is 14.4. The smallest absolute Gasteiger partial charge is 0.180 e. The van der Waals surface area contributed by atoms with Crippen molar-refractivity contribution in [2.24, 2.45) is 0 Å². The van der Waals surface area contributed by atoms with E-state index in [2.05, 4.69) is 43.5 Å². The molecule has 5 rings (SSSR count). The minimum absolute atomic E-state index is 0.660. The molecule has 5 aromatic rings. The first kappa shape index (κ1) is 15.5. The van der Waals surface area contributed by atoms with Crippen molar-refractivity contribution < 1.29 is 0 Å². The second kappa shape index (κ2) is 6.49. The number of rotatable bonds is 4. The minimum Gasteiger partial charge on any atom is -0.363 e. The molecule has 6 heteroatoms. The fourth-order valence-corrected chi connectivity index (χ4v) is 3.24. The molecule has 130 valence electrons. The topological polar surface area (TPSA) is 68.0 Å². The van der Waals surface area contributed by atoms with Gasteiger partial charge in [0.05, 0.1) is 17.4 Å². The molecular weight excluding hydrogens is 336 g/mol. The highest BCUT2D eigenvalue weighted by Crippen LogP contribution is 2.28. The van der Waals surface area contributed by atoms with Gasteiger partial charge in [-0.15, -0.1) is 0 Å². The average molecular weight is 352 g/mol. The molecular formula is C21H16N6. The summed E-state index contributed by atoms with van der Waals surface area (Å²) in [7, 11) is 0. The number of anilines is 1. The molecule has 0 amide bonds. The fourth-order valence-electron chi connectivity index (χ4n) is 3.24. The Morgan fingerprint density at radius 3 is 2.67 bits per heavy atom. The second-order valence-corrected chi connectivity index (χ2v) is 6.20. The van der Waals surface area contributed by atoms with Gasteiger partial charge in [0.25, 0.3) is 0 Å². The summed E-state index contributed by atoms with van der Waals surface area (Å²) >= 11 is 0. The van der Waals surface area contributed by atoms with Gasteiger partial charge in [0.15, 0.2) is 11.5 Å². The Morgan fingerprint density at radius 1 is 0.852 bits per heavy atom. The monoisotopic (exact) mass is 352 g/mol. The van der Waals surface area contributed by atoms with Gasteiger partial charge in [-0.05, 0) is 23.8 Å². The van der Waals surface area contributed by atoms with E-state index in [9.17, 15) is 0 Å². The average Bonchev–Trinajstić information content (AvgIpc) is 3.17. The van der Waals surface area contributed by atoms with Crippen LogP contribution in [0.1, 0.15) is 5.56 Å². The number of hydrogen-bond acceptors (Lipinski definition) is 5. The highest BCUT2D eigenvalue weighted by Gasteiger charge is 2.13. The number of imidazole rings is 1. The zero-order valence-electron chi connectivity index (χ0n) is 14.4. The van der Waals surface area contributed by atoms with Crippen molar-refractivity contribution in [2.75, 3.05) is 5.32 Å². The minimum atomic E-state index is 0.660. The molecule has 4 heterocycles. The maximum atomic E-state index is 4.61. The Kier molecular flexibility index (Phi) is 3.72. The number of aromatic nitrogens is 5. The maximum Gasteiger partial charge on any atom is 0.180 e. The van der Waals surface area contributed by atoms with Crippen molar-refractivity contribution in [1.82, 2.24) is 24.3 Å². The molecule has 0 saturated heterocycles. The predicted octanol–water partition coefficient (Wildman–Crippen LogP) is 3.95. The highest BCUT2D eigenvalue weighted by molar-refractivity contribution is 5.93. The number of nitrogens with zero attached hydrogens (tertiary/aromatic N) is 5. The van der Waals surface area contributed by atoms with Crippen LogP contribution in [0, 0.1) is 0 Å². The van der Waals surface area contributed by atoms with Crippen LogP contribution in [-0.4, -0.2) is 24.3 Å². The van der Waals surface area contributed by atoms with Crippen molar-refractivity contribution in [3.8, 4) is 11.3 Å². The van der Waals surface area contributed by atoms with Crippen LogP contribution in [0.15, 0.2) is 79.6 Å². The van der Waals surface area contributed by atoms with Gasteiger partial charge in [0.1, 0.15) is 0 Å². The molecule has 4 aromatic heterocycles. The standard InChI is InChI=1S/C21H16N6/c1-3-16-4-2-8-23-19(16)17(5-1)18-14-26-21-20(24-11-12-27(18)21)25-13-15-6-9-22-10-7-15/h1-12,14H,13H2,(H,24,25). The number of pyridine rings is 2. The first-order chi connectivity index (χ1) is 13.4. The molecule has 0 aliphatic carbocycles. The summed E-state index contributed by atoms with van der Waals surface area (Å²) in [6, 6.07) is 14.2. The van der Waals surface area contributed by atoms with Crippen LogP contribution in [0.3, 0.4) is 0 Å². The molecule has 0 aliphatic heterocycles.